The average Bonchev–Trinajstić information content (AvgIpc) is 3.06. The molecule has 0 bridgehead atoms. The van der Waals surface area contributed by atoms with Crippen LogP contribution in [0.2, 0.25) is 0 Å². The highest BCUT2D eigenvalue weighted by Gasteiger charge is 2.31. The number of aromatic nitrogens is 2. The quantitative estimate of drug-likeness (QED) is 0.384. The van der Waals surface area contributed by atoms with Crippen LogP contribution >= 0.6 is 11.8 Å². The predicted octanol–water partition coefficient (Wildman–Crippen LogP) is 2.31. The first-order valence-corrected chi connectivity index (χ1v) is 9.51. The lowest BCUT2D eigenvalue weighted by Crippen LogP contribution is -2.28. The molecule has 3 N–H and O–H groups in total. The van der Waals surface area contributed by atoms with E-state index in [2.05, 4.69) is 26.9 Å². The summed E-state index contributed by atoms with van der Waals surface area (Å²) in [7, 11) is 0. The van der Waals surface area contributed by atoms with Gasteiger partial charge in [0.25, 0.3) is 0 Å². The molecule has 0 unspecified atom stereocenters. The van der Waals surface area contributed by atoms with Gasteiger partial charge in [-0.2, -0.15) is 0 Å². The monoisotopic (exact) mass is 444 g/mol. The number of imidazole rings is 1. The van der Waals surface area contributed by atoms with Crippen LogP contribution in [0, 0.1) is 0 Å². The number of benzene rings is 1. The fourth-order valence-corrected chi connectivity index (χ4v) is 3.05. The standard InChI is InChI=1S/C18H19F3N4O4S/c1-2-7-22-15(27)9-25-13(10-26)8-23-17(25)30-11-16(28)24-12-3-5-14(6-4-12)29-18(19,20)21/h2-6,8,26H,1,7,9-11H2,(H,22,27)(H,24,28). The van der Waals surface area contributed by atoms with E-state index in [1.165, 1.54) is 29.0 Å². The summed E-state index contributed by atoms with van der Waals surface area (Å²) in [4.78, 5) is 28.2. The minimum absolute atomic E-state index is 0.0725. The van der Waals surface area contributed by atoms with Gasteiger partial charge in [-0.3, -0.25) is 9.59 Å². The number of ether oxygens (including phenoxy) is 1. The lowest BCUT2D eigenvalue weighted by Gasteiger charge is -2.11. The van der Waals surface area contributed by atoms with Crippen LogP contribution in [0.4, 0.5) is 18.9 Å². The summed E-state index contributed by atoms with van der Waals surface area (Å²) >= 11 is 1.04. The molecule has 1 aromatic heterocycles. The Morgan fingerprint density at radius 1 is 1.27 bits per heavy atom. The van der Waals surface area contributed by atoms with Crippen molar-refractivity contribution in [1.29, 1.82) is 0 Å². The van der Waals surface area contributed by atoms with Gasteiger partial charge in [-0.05, 0) is 24.3 Å². The maximum atomic E-state index is 12.2. The number of carbonyl (C=O) groups is 2. The Morgan fingerprint density at radius 3 is 2.57 bits per heavy atom. The number of aliphatic hydroxyl groups is 1. The van der Waals surface area contributed by atoms with Crippen LogP contribution in [0.5, 0.6) is 5.75 Å². The minimum atomic E-state index is -4.79. The predicted molar refractivity (Wildman–Crippen MR) is 104 cm³/mol. The van der Waals surface area contributed by atoms with Crippen LogP contribution in [-0.2, 0) is 22.7 Å². The van der Waals surface area contributed by atoms with Gasteiger partial charge in [-0.1, -0.05) is 17.8 Å². The molecule has 2 rings (SSSR count). The van der Waals surface area contributed by atoms with Gasteiger partial charge in [-0.15, -0.1) is 19.8 Å². The first-order valence-electron chi connectivity index (χ1n) is 8.53. The number of anilines is 1. The summed E-state index contributed by atoms with van der Waals surface area (Å²) in [6.07, 6.45) is -1.86. The molecule has 30 heavy (non-hydrogen) atoms. The zero-order valence-electron chi connectivity index (χ0n) is 15.6. The third-order valence-corrected chi connectivity index (χ3v) is 4.50. The smallest absolute Gasteiger partial charge is 0.406 e. The summed E-state index contributed by atoms with van der Waals surface area (Å²) in [5, 5.41) is 14.9. The number of aliphatic hydroxyl groups excluding tert-OH is 1. The molecule has 8 nitrogen and oxygen atoms in total. The Labute approximate surface area is 174 Å². The molecule has 2 aromatic rings. The van der Waals surface area contributed by atoms with E-state index in [1.807, 2.05) is 0 Å². The topological polar surface area (TPSA) is 105 Å². The van der Waals surface area contributed by atoms with Crippen LogP contribution in [0.1, 0.15) is 5.69 Å². The molecule has 1 aromatic carbocycles. The van der Waals surface area contributed by atoms with Crippen molar-refractivity contribution in [2.45, 2.75) is 24.7 Å². The molecule has 0 fully saturated rings. The Bertz CT molecular complexity index is 885. The third kappa shape index (κ3) is 7.44. The largest absolute Gasteiger partial charge is 0.573 e. The molecule has 12 heteroatoms. The number of thioether (sulfide) groups is 1. The van der Waals surface area contributed by atoms with Crippen molar-refractivity contribution in [3.63, 3.8) is 0 Å². The van der Waals surface area contributed by atoms with E-state index in [9.17, 15) is 27.9 Å². The number of halogens is 3. The highest BCUT2D eigenvalue weighted by molar-refractivity contribution is 7.99. The summed E-state index contributed by atoms with van der Waals surface area (Å²) in [6.45, 7) is 3.38. The molecule has 0 aliphatic rings. The fourth-order valence-electron chi connectivity index (χ4n) is 2.26. The Hall–Kier alpha value is -2.99. The summed E-state index contributed by atoms with van der Waals surface area (Å²) < 4.78 is 41.7. The Morgan fingerprint density at radius 2 is 1.97 bits per heavy atom. The van der Waals surface area contributed by atoms with Gasteiger partial charge in [0.2, 0.25) is 11.8 Å². The van der Waals surface area contributed by atoms with Crippen LogP contribution in [0.15, 0.2) is 48.3 Å². The lowest BCUT2D eigenvalue weighted by atomic mass is 10.3. The molecule has 0 aliphatic heterocycles. The van der Waals surface area contributed by atoms with E-state index in [0.29, 0.717) is 23.1 Å². The van der Waals surface area contributed by atoms with E-state index in [1.54, 1.807) is 0 Å². The van der Waals surface area contributed by atoms with E-state index < -0.39 is 18.0 Å². The summed E-state index contributed by atoms with van der Waals surface area (Å²) in [5.41, 5.74) is 0.699. The molecule has 0 saturated carbocycles. The van der Waals surface area contributed by atoms with Crippen molar-refractivity contribution in [3.05, 3.63) is 48.8 Å². The van der Waals surface area contributed by atoms with Crippen molar-refractivity contribution in [3.8, 4) is 5.75 Å². The van der Waals surface area contributed by atoms with Crippen molar-refractivity contribution < 1.29 is 32.6 Å². The number of alkyl halides is 3. The highest BCUT2D eigenvalue weighted by atomic mass is 32.2. The molecule has 0 aliphatic carbocycles. The normalized spacial score (nSPS) is 11.1. The zero-order valence-corrected chi connectivity index (χ0v) is 16.4. The van der Waals surface area contributed by atoms with Gasteiger partial charge in [0.15, 0.2) is 5.16 Å². The van der Waals surface area contributed by atoms with Gasteiger partial charge in [0, 0.05) is 12.2 Å². The molecule has 0 spiro atoms. The molecule has 0 radical (unpaired) electrons. The number of hydrogen-bond donors (Lipinski definition) is 3. The molecule has 162 valence electrons. The molecule has 2 amide bonds. The van der Waals surface area contributed by atoms with Crippen LogP contribution in [0.25, 0.3) is 0 Å². The molecule has 0 atom stereocenters. The van der Waals surface area contributed by atoms with E-state index in [-0.39, 0.29) is 24.8 Å². The molecule has 0 saturated heterocycles. The molecular formula is C18H19F3N4O4S. The van der Waals surface area contributed by atoms with Gasteiger partial charge in [0.1, 0.15) is 12.3 Å². The first-order chi connectivity index (χ1) is 14.2. The summed E-state index contributed by atoms with van der Waals surface area (Å²) in [5.74, 6) is -1.21. The second kappa shape index (κ2) is 10.7. The molecule has 1 heterocycles. The molecular weight excluding hydrogens is 425 g/mol. The maximum absolute atomic E-state index is 12.2. The lowest BCUT2D eigenvalue weighted by molar-refractivity contribution is -0.274. The maximum Gasteiger partial charge on any atom is 0.573 e. The van der Waals surface area contributed by atoms with Gasteiger partial charge in [0.05, 0.1) is 24.3 Å². The average molecular weight is 444 g/mol. The van der Waals surface area contributed by atoms with Gasteiger partial charge >= 0.3 is 6.36 Å². The Kier molecular flexibility index (Phi) is 8.30. The van der Waals surface area contributed by atoms with E-state index in [4.69, 9.17) is 0 Å². The number of carbonyl (C=O) groups excluding carboxylic acids is 2. The fraction of sp³-hybridized carbons (Fsp3) is 0.278. The van der Waals surface area contributed by atoms with Crippen LogP contribution in [0.3, 0.4) is 0 Å². The van der Waals surface area contributed by atoms with Gasteiger partial charge in [-0.25, -0.2) is 4.98 Å². The number of nitrogens with zero attached hydrogens (tertiary/aromatic N) is 2. The number of nitrogens with one attached hydrogen (secondary N) is 2. The zero-order chi connectivity index (χ0) is 22.1. The van der Waals surface area contributed by atoms with Crippen molar-refractivity contribution in [2.75, 3.05) is 17.6 Å². The van der Waals surface area contributed by atoms with Gasteiger partial charge < -0.3 is 25.0 Å². The number of amides is 2. The third-order valence-electron chi connectivity index (χ3n) is 3.51. The first kappa shape index (κ1) is 23.3. The van der Waals surface area contributed by atoms with E-state index in [0.717, 1.165) is 23.9 Å². The Balaban J connectivity index is 1.93. The highest BCUT2D eigenvalue weighted by Crippen LogP contribution is 2.24. The van der Waals surface area contributed by atoms with Crippen LogP contribution in [-0.4, -0.2) is 45.1 Å². The SMILES string of the molecule is C=CCNC(=O)Cn1c(CO)cnc1SCC(=O)Nc1ccc(OC(F)(F)F)cc1. The van der Waals surface area contributed by atoms with E-state index >= 15 is 0 Å². The minimum Gasteiger partial charge on any atom is -0.406 e. The van der Waals surface area contributed by atoms with Crippen LogP contribution < -0.4 is 15.4 Å². The van der Waals surface area contributed by atoms with Crippen molar-refractivity contribution in [2.24, 2.45) is 0 Å². The van der Waals surface area contributed by atoms with Crippen molar-refractivity contribution >= 4 is 29.3 Å². The van der Waals surface area contributed by atoms with Crippen molar-refractivity contribution in [1.82, 2.24) is 14.9 Å². The number of rotatable bonds is 10. The second-order valence-electron chi connectivity index (χ2n) is 5.78. The summed E-state index contributed by atoms with van der Waals surface area (Å²) in [6, 6.07) is 4.72. The number of hydrogen-bond acceptors (Lipinski definition) is 6. The second-order valence-corrected chi connectivity index (χ2v) is 6.72.